The third kappa shape index (κ3) is 6.88. The molecule has 0 bridgehead atoms. The molecule has 5 rings (SSSR count). The van der Waals surface area contributed by atoms with Gasteiger partial charge in [-0.2, -0.15) is 18.3 Å². The van der Waals surface area contributed by atoms with Crippen LogP contribution in [-0.4, -0.2) is 63.0 Å². The number of carbonyl (C=O) groups is 1. The minimum absolute atomic E-state index is 0.0377. The van der Waals surface area contributed by atoms with Gasteiger partial charge in [0.2, 0.25) is 5.88 Å². The van der Waals surface area contributed by atoms with Crippen molar-refractivity contribution in [3.8, 4) is 5.88 Å². The molecule has 1 aromatic carbocycles. The van der Waals surface area contributed by atoms with E-state index in [0.717, 1.165) is 24.7 Å². The van der Waals surface area contributed by atoms with Gasteiger partial charge in [0.25, 0.3) is 0 Å². The summed E-state index contributed by atoms with van der Waals surface area (Å²) >= 11 is 0. The van der Waals surface area contributed by atoms with Crippen LogP contribution in [0.3, 0.4) is 0 Å². The molecule has 3 heterocycles. The van der Waals surface area contributed by atoms with Crippen molar-refractivity contribution in [2.24, 2.45) is 13.0 Å². The number of aromatic nitrogens is 3. The molecule has 0 N–H and O–H groups in total. The van der Waals surface area contributed by atoms with Crippen molar-refractivity contribution in [2.45, 2.75) is 76.2 Å². The number of alkyl halides is 4. The average Bonchev–Trinajstić information content (AvgIpc) is 3.20. The summed E-state index contributed by atoms with van der Waals surface area (Å²) in [6.45, 7) is 2.91. The molecule has 3 aromatic rings. The van der Waals surface area contributed by atoms with E-state index >= 15 is 4.39 Å². The number of ether oxygens (including phenoxy) is 1. The fraction of sp³-hybridized carbons (Fsp3) is 0.567. The van der Waals surface area contributed by atoms with Crippen LogP contribution in [0.5, 0.6) is 5.88 Å². The van der Waals surface area contributed by atoms with Crippen molar-refractivity contribution in [3.63, 3.8) is 0 Å². The summed E-state index contributed by atoms with van der Waals surface area (Å²) in [6, 6.07) is 6.03. The third-order valence-electron chi connectivity index (χ3n) is 8.56. The SMILES string of the molecule is C[C@@H](Oc1ccc2c(n1)CCN(CCC1(F)CCC(CC(=O)c3ccc(F)c4nn(C)cc34)CC1)CC2)C(F)(F)F. The third-order valence-corrected chi connectivity index (χ3v) is 8.56. The number of benzene rings is 1. The van der Waals surface area contributed by atoms with Gasteiger partial charge in [-0.3, -0.25) is 9.48 Å². The summed E-state index contributed by atoms with van der Waals surface area (Å²) in [5.74, 6) is -0.489. The van der Waals surface area contributed by atoms with Crippen molar-refractivity contribution in [3.05, 3.63) is 53.1 Å². The Morgan fingerprint density at radius 2 is 1.88 bits per heavy atom. The normalized spacial score (nSPS) is 22.8. The Labute approximate surface area is 235 Å². The summed E-state index contributed by atoms with van der Waals surface area (Å²) in [4.78, 5) is 19.6. The van der Waals surface area contributed by atoms with E-state index in [2.05, 4.69) is 15.0 Å². The molecule has 1 aliphatic heterocycles. The second kappa shape index (κ2) is 11.7. The number of fused-ring (bicyclic) bond motifs is 2. The van der Waals surface area contributed by atoms with Crippen molar-refractivity contribution in [2.75, 3.05) is 19.6 Å². The number of aryl methyl sites for hydroxylation is 1. The summed E-state index contributed by atoms with van der Waals surface area (Å²) in [6.07, 6.45) is -0.783. The molecule has 0 saturated heterocycles. The topological polar surface area (TPSA) is 60.2 Å². The van der Waals surface area contributed by atoms with Crippen molar-refractivity contribution in [1.29, 1.82) is 0 Å². The number of halogens is 5. The van der Waals surface area contributed by atoms with E-state index in [0.29, 0.717) is 75.4 Å². The minimum Gasteiger partial charge on any atom is -0.465 e. The Morgan fingerprint density at radius 1 is 1.15 bits per heavy atom. The highest BCUT2D eigenvalue weighted by atomic mass is 19.4. The van der Waals surface area contributed by atoms with E-state index in [4.69, 9.17) is 4.74 Å². The predicted molar refractivity (Wildman–Crippen MR) is 144 cm³/mol. The van der Waals surface area contributed by atoms with E-state index in [1.165, 1.54) is 22.9 Å². The zero-order valence-corrected chi connectivity index (χ0v) is 23.3. The minimum atomic E-state index is -4.46. The second-order valence-electron chi connectivity index (χ2n) is 11.5. The molecule has 0 amide bonds. The number of nitrogens with zero attached hydrogens (tertiary/aromatic N) is 4. The number of pyridine rings is 1. The average molecular weight is 579 g/mol. The lowest BCUT2D eigenvalue weighted by atomic mass is 9.76. The van der Waals surface area contributed by atoms with Crippen LogP contribution in [0.1, 0.15) is 67.1 Å². The molecule has 1 aliphatic carbocycles. The number of Topliss-reactive ketones (excluding diaryl/α,β-unsaturated/α-hetero) is 1. The van der Waals surface area contributed by atoms with Crippen molar-refractivity contribution >= 4 is 16.7 Å². The molecule has 0 unspecified atom stereocenters. The maximum absolute atomic E-state index is 15.8. The zero-order chi connectivity index (χ0) is 29.4. The number of hydrogen-bond donors (Lipinski definition) is 0. The Morgan fingerprint density at radius 3 is 2.61 bits per heavy atom. The molecule has 1 fully saturated rings. The summed E-state index contributed by atoms with van der Waals surface area (Å²) in [5, 5.41) is 4.61. The van der Waals surface area contributed by atoms with Crippen LogP contribution in [0, 0.1) is 11.7 Å². The first-order valence-electron chi connectivity index (χ1n) is 14.2. The van der Waals surface area contributed by atoms with Gasteiger partial charge in [0.15, 0.2) is 17.7 Å². The molecule has 41 heavy (non-hydrogen) atoms. The van der Waals surface area contributed by atoms with E-state index in [-0.39, 0.29) is 23.1 Å². The highest BCUT2D eigenvalue weighted by molar-refractivity contribution is 6.07. The number of rotatable bonds is 8. The summed E-state index contributed by atoms with van der Waals surface area (Å²) in [5.41, 5.74) is 1.05. The first kappa shape index (κ1) is 29.4. The van der Waals surface area contributed by atoms with Gasteiger partial charge < -0.3 is 9.64 Å². The van der Waals surface area contributed by atoms with Gasteiger partial charge in [-0.05, 0) is 69.1 Å². The van der Waals surface area contributed by atoms with E-state index in [1.54, 1.807) is 19.3 Å². The highest BCUT2D eigenvalue weighted by Gasteiger charge is 2.39. The monoisotopic (exact) mass is 578 g/mol. The molecule has 0 radical (unpaired) electrons. The molecule has 6 nitrogen and oxygen atoms in total. The fourth-order valence-corrected chi connectivity index (χ4v) is 5.96. The van der Waals surface area contributed by atoms with Crippen LogP contribution in [0.2, 0.25) is 0 Å². The molecule has 222 valence electrons. The Balaban J connectivity index is 1.10. The van der Waals surface area contributed by atoms with Gasteiger partial charge >= 0.3 is 6.18 Å². The van der Waals surface area contributed by atoms with Crippen LogP contribution in [0.15, 0.2) is 30.5 Å². The summed E-state index contributed by atoms with van der Waals surface area (Å²) in [7, 11) is 1.69. The molecule has 2 aliphatic rings. The molecule has 0 spiro atoms. The molecule has 11 heteroatoms. The quantitative estimate of drug-likeness (QED) is 0.229. The predicted octanol–water partition coefficient (Wildman–Crippen LogP) is 6.40. The van der Waals surface area contributed by atoms with Gasteiger partial charge in [0.05, 0.1) is 0 Å². The fourth-order valence-electron chi connectivity index (χ4n) is 5.96. The van der Waals surface area contributed by atoms with Gasteiger partial charge in [0, 0.05) is 68.4 Å². The summed E-state index contributed by atoms with van der Waals surface area (Å²) < 4.78 is 74.9. The number of ketones is 1. The van der Waals surface area contributed by atoms with Crippen LogP contribution in [0.25, 0.3) is 10.9 Å². The molecular weight excluding hydrogens is 543 g/mol. The van der Waals surface area contributed by atoms with Gasteiger partial charge in [0.1, 0.15) is 11.2 Å². The smallest absolute Gasteiger partial charge is 0.425 e. The lowest BCUT2D eigenvalue weighted by Crippen LogP contribution is -2.36. The molecule has 1 atom stereocenters. The first-order valence-corrected chi connectivity index (χ1v) is 14.2. The van der Waals surface area contributed by atoms with Gasteiger partial charge in [-0.25, -0.2) is 13.8 Å². The van der Waals surface area contributed by atoms with Crippen LogP contribution < -0.4 is 4.74 Å². The Kier molecular flexibility index (Phi) is 8.36. The lowest BCUT2D eigenvalue weighted by Gasteiger charge is -2.35. The van der Waals surface area contributed by atoms with E-state index < -0.39 is 23.8 Å². The zero-order valence-electron chi connectivity index (χ0n) is 23.3. The lowest BCUT2D eigenvalue weighted by molar-refractivity contribution is -0.190. The van der Waals surface area contributed by atoms with Crippen molar-refractivity contribution < 1.29 is 31.5 Å². The standard InChI is InChI=1S/C30H35F5N4O2/c1-19(30(33,34)35)41-27-6-3-21-9-14-39(15-10-25(21)36-27)16-13-29(32)11-7-20(8-12-29)17-26(40)22-4-5-24(31)28-23(22)18-38(2)37-28/h3-6,18-20H,7-17H2,1-2H3/t19-,20?,29?/m1/s1. The molecular formula is C30H35F5N4O2. The van der Waals surface area contributed by atoms with Crippen LogP contribution >= 0.6 is 0 Å². The van der Waals surface area contributed by atoms with Crippen LogP contribution in [-0.2, 0) is 19.9 Å². The van der Waals surface area contributed by atoms with Crippen molar-refractivity contribution in [1.82, 2.24) is 19.7 Å². The second-order valence-corrected chi connectivity index (χ2v) is 11.5. The highest BCUT2D eigenvalue weighted by Crippen LogP contribution is 2.40. The Hall–Kier alpha value is -3.08. The van der Waals surface area contributed by atoms with Gasteiger partial charge in [-0.1, -0.05) is 6.07 Å². The maximum Gasteiger partial charge on any atom is 0.425 e. The molecule has 2 aromatic heterocycles. The van der Waals surface area contributed by atoms with Gasteiger partial charge in [-0.15, -0.1) is 0 Å². The first-order chi connectivity index (χ1) is 19.4. The maximum atomic E-state index is 15.8. The number of carbonyl (C=O) groups excluding carboxylic acids is 1. The number of hydrogen-bond acceptors (Lipinski definition) is 5. The van der Waals surface area contributed by atoms with Crippen LogP contribution in [0.4, 0.5) is 22.0 Å². The van der Waals surface area contributed by atoms with E-state index in [9.17, 15) is 22.4 Å². The Bertz CT molecular complexity index is 1400. The van der Waals surface area contributed by atoms with E-state index in [1.807, 2.05) is 0 Å². The largest absolute Gasteiger partial charge is 0.465 e. The molecule has 1 saturated carbocycles.